The van der Waals surface area contributed by atoms with Gasteiger partial charge in [0.2, 0.25) is 5.56 Å². The third kappa shape index (κ3) is 2.30. The number of aromatic amines is 1. The van der Waals surface area contributed by atoms with Gasteiger partial charge in [0.05, 0.1) is 5.54 Å². The van der Waals surface area contributed by atoms with Crippen LogP contribution in [-0.4, -0.2) is 29.5 Å². The monoisotopic (exact) mass is 221 g/mol. The molecule has 0 bridgehead atoms. The van der Waals surface area contributed by atoms with E-state index in [1.807, 2.05) is 6.92 Å². The summed E-state index contributed by atoms with van der Waals surface area (Å²) in [6.07, 6.45) is 2.38. The van der Waals surface area contributed by atoms with Crippen molar-refractivity contribution in [3.8, 4) is 0 Å². The Hall–Kier alpha value is -1.62. The van der Waals surface area contributed by atoms with Gasteiger partial charge in [0.25, 0.3) is 5.91 Å². The second kappa shape index (κ2) is 4.09. The van der Waals surface area contributed by atoms with E-state index in [9.17, 15) is 9.59 Å². The van der Waals surface area contributed by atoms with E-state index in [0.29, 0.717) is 5.56 Å². The van der Waals surface area contributed by atoms with Crippen molar-refractivity contribution in [3.63, 3.8) is 0 Å². The van der Waals surface area contributed by atoms with Gasteiger partial charge in [0.1, 0.15) is 0 Å². The third-order valence-corrected chi connectivity index (χ3v) is 2.82. The minimum absolute atomic E-state index is 0.197. The molecule has 1 aliphatic rings. The molecule has 5 heteroatoms. The molecule has 0 spiro atoms. The van der Waals surface area contributed by atoms with Crippen LogP contribution in [0.1, 0.15) is 23.7 Å². The molecule has 1 amide bonds. The highest BCUT2D eigenvalue weighted by Crippen LogP contribution is 2.13. The van der Waals surface area contributed by atoms with Gasteiger partial charge >= 0.3 is 0 Å². The summed E-state index contributed by atoms with van der Waals surface area (Å²) >= 11 is 0. The van der Waals surface area contributed by atoms with Gasteiger partial charge in [-0.15, -0.1) is 0 Å². The molecular weight excluding hydrogens is 206 g/mol. The van der Waals surface area contributed by atoms with Crippen molar-refractivity contribution >= 4 is 5.91 Å². The average molecular weight is 221 g/mol. The molecule has 0 aliphatic carbocycles. The molecule has 1 unspecified atom stereocenters. The van der Waals surface area contributed by atoms with Crippen molar-refractivity contribution in [2.75, 3.05) is 13.1 Å². The van der Waals surface area contributed by atoms with Crippen LogP contribution in [-0.2, 0) is 0 Å². The first-order valence-corrected chi connectivity index (χ1v) is 5.31. The fourth-order valence-electron chi connectivity index (χ4n) is 1.86. The maximum absolute atomic E-state index is 11.9. The molecule has 5 nitrogen and oxygen atoms in total. The van der Waals surface area contributed by atoms with E-state index >= 15 is 0 Å². The summed E-state index contributed by atoms with van der Waals surface area (Å²) in [6.45, 7) is 3.67. The summed E-state index contributed by atoms with van der Waals surface area (Å²) in [7, 11) is 0. The van der Waals surface area contributed by atoms with Gasteiger partial charge in [-0.3, -0.25) is 9.59 Å². The molecule has 1 fully saturated rings. The Balaban J connectivity index is 2.11. The highest BCUT2D eigenvalue weighted by atomic mass is 16.2. The molecule has 1 aromatic rings. The van der Waals surface area contributed by atoms with Crippen LogP contribution in [0.4, 0.5) is 0 Å². The van der Waals surface area contributed by atoms with Gasteiger partial charge in [-0.2, -0.15) is 0 Å². The first-order chi connectivity index (χ1) is 7.59. The van der Waals surface area contributed by atoms with Crippen LogP contribution in [0.3, 0.4) is 0 Å². The summed E-state index contributed by atoms with van der Waals surface area (Å²) in [4.78, 5) is 25.4. The number of H-pyrrole nitrogens is 1. The number of hydrogen-bond acceptors (Lipinski definition) is 3. The van der Waals surface area contributed by atoms with Crippen LogP contribution >= 0.6 is 0 Å². The molecule has 2 heterocycles. The zero-order chi connectivity index (χ0) is 11.6. The number of pyridine rings is 1. The van der Waals surface area contributed by atoms with Crippen molar-refractivity contribution in [1.82, 2.24) is 15.6 Å². The van der Waals surface area contributed by atoms with Crippen LogP contribution in [0.5, 0.6) is 0 Å². The predicted octanol–water partition coefficient (Wildman–Crippen LogP) is -0.143. The van der Waals surface area contributed by atoms with Gasteiger partial charge in [-0.25, -0.2) is 0 Å². The topological polar surface area (TPSA) is 74.0 Å². The summed E-state index contributed by atoms with van der Waals surface area (Å²) < 4.78 is 0. The van der Waals surface area contributed by atoms with Crippen molar-refractivity contribution < 1.29 is 4.79 Å². The summed E-state index contributed by atoms with van der Waals surface area (Å²) in [5, 5.41) is 6.14. The molecule has 3 N–H and O–H groups in total. The van der Waals surface area contributed by atoms with E-state index < -0.39 is 0 Å². The zero-order valence-electron chi connectivity index (χ0n) is 9.17. The maximum atomic E-state index is 11.9. The number of amides is 1. The predicted molar refractivity (Wildman–Crippen MR) is 60.4 cm³/mol. The van der Waals surface area contributed by atoms with E-state index in [-0.39, 0.29) is 17.0 Å². The van der Waals surface area contributed by atoms with Crippen LogP contribution < -0.4 is 16.2 Å². The SMILES string of the molecule is CC1(NC(=O)c2cc[nH]c(=O)c2)CCNC1. The van der Waals surface area contributed by atoms with Gasteiger partial charge in [-0.1, -0.05) is 0 Å². The number of hydrogen-bond donors (Lipinski definition) is 3. The lowest BCUT2D eigenvalue weighted by Gasteiger charge is -2.24. The van der Waals surface area contributed by atoms with Gasteiger partial charge in [0.15, 0.2) is 0 Å². The molecule has 1 aliphatic heterocycles. The standard InChI is InChI=1S/C11H15N3O2/c1-11(3-5-12-7-11)14-10(16)8-2-4-13-9(15)6-8/h2,4,6,12H,3,5,7H2,1H3,(H,13,15)(H,14,16). The first-order valence-electron chi connectivity index (χ1n) is 5.31. The Bertz CT molecular complexity index is 447. The van der Waals surface area contributed by atoms with Crippen molar-refractivity contribution in [3.05, 3.63) is 34.2 Å². The quantitative estimate of drug-likeness (QED) is 0.650. The lowest BCUT2D eigenvalue weighted by Crippen LogP contribution is -2.47. The Labute approximate surface area is 93.3 Å². The molecule has 1 atom stereocenters. The highest BCUT2D eigenvalue weighted by molar-refractivity contribution is 5.94. The number of carbonyl (C=O) groups excluding carboxylic acids is 1. The van der Waals surface area contributed by atoms with Gasteiger partial charge in [0, 0.05) is 24.4 Å². The fraction of sp³-hybridized carbons (Fsp3) is 0.455. The third-order valence-electron chi connectivity index (χ3n) is 2.82. The zero-order valence-corrected chi connectivity index (χ0v) is 9.17. The summed E-state index contributed by atoms with van der Waals surface area (Å²) in [5.41, 5.74) is -0.0705. The van der Waals surface area contributed by atoms with E-state index in [0.717, 1.165) is 19.5 Å². The molecule has 16 heavy (non-hydrogen) atoms. The van der Waals surface area contributed by atoms with Crippen LogP contribution in [0.2, 0.25) is 0 Å². The Kier molecular flexibility index (Phi) is 2.78. The van der Waals surface area contributed by atoms with Gasteiger partial charge in [-0.05, 0) is 26.0 Å². The number of rotatable bonds is 2. The van der Waals surface area contributed by atoms with E-state index in [2.05, 4.69) is 15.6 Å². The molecule has 1 saturated heterocycles. The molecule has 2 rings (SSSR count). The summed E-state index contributed by atoms with van der Waals surface area (Å²) in [5.74, 6) is -0.197. The average Bonchev–Trinajstić information content (AvgIpc) is 2.65. The fourth-order valence-corrected chi connectivity index (χ4v) is 1.86. The van der Waals surface area contributed by atoms with Crippen LogP contribution in [0.15, 0.2) is 23.1 Å². The summed E-state index contributed by atoms with van der Waals surface area (Å²) in [6, 6.07) is 2.91. The molecule has 1 aromatic heterocycles. The second-order valence-corrected chi connectivity index (χ2v) is 4.38. The van der Waals surface area contributed by atoms with E-state index in [1.165, 1.54) is 12.3 Å². The number of nitrogens with one attached hydrogen (secondary N) is 3. The van der Waals surface area contributed by atoms with Crippen molar-refractivity contribution in [2.45, 2.75) is 18.9 Å². The highest BCUT2D eigenvalue weighted by Gasteiger charge is 2.30. The Morgan fingerprint density at radius 1 is 1.56 bits per heavy atom. The lowest BCUT2D eigenvalue weighted by molar-refractivity contribution is 0.0913. The number of carbonyl (C=O) groups is 1. The van der Waals surface area contributed by atoms with Crippen molar-refractivity contribution in [2.24, 2.45) is 0 Å². The lowest BCUT2D eigenvalue weighted by atomic mass is 10.0. The van der Waals surface area contributed by atoms with E-state index in [1.54, 1.807) is 6.07 Å². The molecule has 0 saturated carbocycles. The second-order valence-electron chi connectivity index (χ2n) is 4.38. The molecule has 0 radical (unpaired) electrons. The smallest absolute Gasteiger partial charge is 0.251 e. The van der Waals surface area contributed by atoms with Crippen LogP contribution in [0.25, 0.3) is 0 Å². The van der Waals surface area contributed by atoms with E-state index in [4.69, 9.17) is 0 Å². The largest absolute Gasteiger partial charge is 0.346 e. The Morgan fingerprint density at radius 2 is 2.38 bits per heavy atom. The first kappa shape index (κ1) is 10.9. The maximum Gasteiger partial charge on any atom is 0.251 e. The molecule has 0 aromatic carbocycles. The Morgan fingerprint density at radius 3 is 3.00 bits per heavy atom. The molecule has 86 valence electrons. The van der Waals surface area contributed by atoms with Crippen LogP contribution in [0, 0.1) is 0 Å². The van der Waals surface area contributed by atoms with Gasteiger partial charge < -0.3 is 15.6 Å². The minimum atomic E-state index is -0.262. The van der Waals surface area contributed by atoms with Crippen molar-refractivity contribution in [1.29, 1.82) is 0 Å². The minimum Gasteiger partial charge on any atom is -0.346 e. The number of aromatic nitrogens is 1. The molecular formula is C11H15N3O2. The normalized spacial score (nSPS) is 24.3.